The van der Waals surface area contributed by atoms with Crippen molar-refractivity contribution in [3.8, 4) is 0 Å². The number of aromatic amines is 2. The molecule has 2 N–H and O–H groups in total. The summed E-state index contributed by atoms with van der Waals surface area (Å²) in [5.74, 6) is -2.67. The number of carbonyl (C=O) groups is 2. The average molecular weight is 973 g/mol. The maximum atomic E-state index is 16.1. The van der Waals surface area contributed by atoms with Crippen molar-refractivity contribution in [1.82, 2.24) is 19.1 Å². The highest BCUT2D eigenvalue weighted by atomic mass is 19.4. The fourth-order valence-electron chi connectivity index (χ4n) is 9.30. The summed E-state index contributed by atoms with van der Waals surface area (Å²) in [6.45, 7) is 1.51. The third-order valence-corrected chi connectivity index (χ3v) is 11.8. The van der Waals surface area contributed by atoms with E-state index in [1.54, 1.807) is 0 Å². The van der Waals surface area contributed by atoms with Crippen LogP contribution in [-0.4, -0.2) is 30.9 Å². The predicted octanol–water partition coefficient (Wildman–Crippen LogP) is 10.6. The molecule has 0 radical (unpaired) electrons. The van der Waals surface area contributed by atoms with Crippen LogP contribution in [-0.2, 0) is 24.7 Å². The molecular weight excluding hydrogens is 941 g/mol. The van der Waals surface area contributed by atoms with E-state index in [2.05, 4.69) is 9.97 Å². The van der Waals surface area contributed by atoms with Gasteiger partial charge in [-0.1, -0.05) is 121 Å². The van der Waals surface area contributed by atoms with Gasteiger partial charge in [-0.3, -0.25) is 18.7 Å². The van der Waals surface area contributed by atoms with Crippen LogP contribution in [0.3, 0.4) is 0 Å². The van der Waals surface area contributed by atoms with Crippen LogP contribution in [0.5, 0.6) is 0 Å². The van der Waals surface area contributed by atoms with Gasteiger partial charge in [0.1, 0.15) is 0 Å². The number of fused-ring (bicyclic) bond motifs is 8. The molecule has 1 aliphatic heterocycles. The lowest BCUT2D eigenvalue weighted by molar-refractivity contribution is -0.161. The van der Waals surface area contributed by atoms with Crippen LogP contribution in [0, 0.1) is 0 Å². The molecule has 4 aromatic heterocycles. The minimum absolute atomic E-state index is 0.223. The molecule has 5 heterocycles. The summed E-state index contributed by atoms with van der Waals surface area (Å²) in [5, 5.41) is -2.06. The maximum Gasteiger partial charge on any atom is 0.419 e. The molecule has 8 aromatic rings. The normalized spacial score (nSPS) is 16.7. The SMILES string of the molecule is CC(=O)n1c2c(C(F)(F)F)c(C(F)(F)F)c1/C(c1ccccc1)=c1/cc/c([nH]1)=C(\c1ccccc1)c1c(C(F)(F)F)c(C(F)(F)F)c(n1C(C)=O)/C(c1ccccc1)=c1/cc/c([nH]1)=C/2c1ccccc1. The Morgan fingerprint density at radius 1 is 0.329 bits per heavy atom. The van der Waals surface area contributed by atoms with Gasteiger partial charge in [0.25, 0.3) is 0 Å². The maximum absolute atomic E-state index is 16.1. The molecule has 18 heteroatoms. The van der Waals surface area contributed by atoms with Crippen molar-refractivity contribution in [3.63, 3.8) is 0 Å². The van der Waals surface area contributed by atoms with Crippen LogP contribution < -0.4 is 21.4 Å². The summed E-state index contributed by atoms with van der Waals surface area (Å²) in [6, 6.07) is 30.4. The smallest absolute Gasteiger partial charge is 0.354 e. The van der Waals surface area contributed by atoms with Gasteiger partial charge in [0.05, 0.1) is 45.0 Å². The molecule has 356 valence electrons. The number of nitrogens with one attached hydrogen (secondary N) is 2. The van der Waals surface area contributed by atoms with Gasteiger partial charge in [0, 0.05) is 57.5 Å². The monoisotopic (exact) mass is 972 g/mol. The molecule has 8 bridgehead atoms. The minimum Gasteiger partial charge on any atom is -0.354 e. The molecule has 4 aromatic carbocycles. The summed E-state index contributed by atoms with van der Waals surface area (Å²) >= 11 is 0. The third-order valence-electron chi connectivity index (χ3n) is 11.8. The average Bonchev–Trinajstić information content (AvgIpc) is 4.10. The summed E-state index contributed by atoms with van der Waals surface area (Å²) in [7, 11) is 0. The van der Waals surface area contributed by atoms with Crippen molar-refractivity contribution in [1.29, 1.82) is 0 Å². The Hall–Kier alpha value is -8.02. The molecule has 9 rings (SSSR count). The Bertz CT molecular complexity index is 3170. The lowest BCUT2D eigenvalue weighted by Gasteiger charge is -2.18. The van der Waals surface area contributed by atoms with Gasteiger partial charge in [-0.15, -0.1) is 0 Å². The summed E-state index contributed by atoms with van der Waals surface area (Å²) in [5.41, 5.74) is -18.2. The van der Waals surface area contributed by atoms with Crippen molar-refractivity contribution in [2.45, 2.75) is 38.6 Å². The van der Waals surface area contributed by atoms with Gasteiger partial charge >= 0.3 is 24.7 Å². The van der Waals surface area contributed by atoms with Crippen LogP contribution in [0.15, 0.2) is 146 Å². The number of halogens is 12. The van der Waals surface area contributed by atoms with E-state index in [9.17, 15) is 9.59 Å². The molecule has 6 nitrogen and oxygen atoms in total. The fraction of sp³-hybridized carbons (Fsp3) is 0.115. The van der Waals surface area contributed by atoms with Crippen molar-refractivity contribution in [2.24, 2.45) is 0 Å². The first-order valence-corrected chi connectivity index (χ1v) is 21.0. The summed E-state index contributed by atoms with van der Waals surface area (Å²) < 4.78 is 193. The number of carbonyl (C=O) groups excluding carboxylic acids is 2. The van der Waals surface area contributed by atoms with Gasteiger partial charge < -0.3 is 9.97 Å². The fourth-order valence-corrected chi connectivity index (χ4v) is 9.30. The second-order valence-electron chi connectivity index (χ2n) is 16.1. The Balaban J connectivity index is 1.74. The second-order valence-corrected chi connectivity index (χ2v) is 16.1. The molecule has 70 heavy (non-hydrogen) atoms. The highest BCUT2D eigenvalue weighted by Crippen LogP contribution is 2.52. The van der Waals surface area contributed by atoms with Crippen LogP contribution in [0.1, 0.15) is 90.7 Å². The Morgan fingerprint density at radius 3 is 0.671 bits per heavy atom. The van der Waals surface area contributed by atoms with E-state index in [1.165, 1.54) is 121 Å². The van der Waals surface area contributed by atoms with Crippen molar-refractivity contribution >= 4 is 34.1 Å². The van der Waals surface area contributed by atoms with E-state index in [0.717, 1.165) is 38.1 Å². The molecular formula is C52H32F12N4O2. The quantitative estimate of drug-likeness (QED) is 0.172. The topological polar surface area (TPSA) is 75.6 Å². The number of nitrogens with zero attached hydrogens (tertiary/aromatic N) is 2. The Labute approximate surface area is 387 Å². The first-order valence-electron chi connectivity index (χ1n) is 21.0. The van der Waals surface area contributed by atoms with Crippen molar-refractivity contribution in [2.75, 3.05) is 0 Å². The van der Waals surface area contributed by atoms with Gasteiger partial charge in [-0.05, 0) is 46.5 Å². The number of hydrogen-bond donors (Lipinski definition) is 2. The van der Waals surface area contributed by atoms with E-state index < -0.39 is 125 Å². The number of aromatic nitrogens is 4. The summed E-state index contributed by atoms with van der Waals surface area (Å²) in [6.07, 6.45) is -23.6. The van der Waals surface area contributed by atoms with E-state index in [0.29, 0.717) is 0 Å². The second kappa shape index (κ2) is 16.9. The predicted molar refractivity (Wildman–Crippen MR) is 234 cm³/mol. The highest BCUT2D eigenvalue weighted by Gasteiger charge is 2.54. The number of benzene rings is 4. The highest BCUT2D eigenvalue weighted by molar-refractivity contribution is 5.97. The molecule has 1 aliphatic rings. The number of alkyl halides is 12. The molecule has 0 saturated carbocycles. The molecule has 0 aliphatic carbocycles. The zero-order chi connectivity index (χ0) is 50.2. The van der Waals surface area contributed by atoms with Gasteiger partial charge in [0.15, 0.2) is 0 Å². The minimum atomic E-state index is -5.89. The van der Waals surface area contributed by atoms with Gasteiger partial charge in [-0.25, -0.2) is 0 Å². The first-order chi connectivity index (χ1) is 33.0. The van der Waals surface area contributed by atoms with Gasteiger partial charge in [-0.2, -0.15) is 52.7 Å². The number of hydrogen-bond acceptors (Lipinski definition) is 2. The Morgan fingerprint density at radius 2 is 0.514 bits per heavy atom. The van der Waals surface area contributed by atoms with E-state index in [-0.39, 0.29) is 31.4 Å². The van der Waals surface area contributed by atoms with E-state index in [1.807, 2.05) is 0 Å². The van der Waals surface area contributed by atoms with Crippen LogP contribution in [0.4, 0.5) is 52.7 Å². The van der Waals surface area contributed by atoms with Crippen LogP contribution >= 0.6 is 0 Å². The van der Waals surface area contributed by atoms with Crippen LogP contribution in [0.25, 0.3) is 22.3 Å². The summed E-state index contributed by atoms with van der Waals surface area (Å²) in [4.78, 5) is 34.0. The Kier molecular flexibility index (Phi) is 11.4. The molecule has 0 spiro atoms. The zero-order valence-electron chi connectivity index (χ0n) is 36.1. The molecule has 0 atom stereocenters. The third kappa shape index (κ3) is 7.95. The van der Waals surface area contributed by atoms with Crippen LogP contribution in [0.2, 0.25) is 0 Å². The van der Waals surface area contributed by atoms with Crippen molar-refractivity contribution < 1.29 is 62.3 Å². The molecule has 0 fully saturated rings. The zero-order valence-corrected chi connectivity index (χ0v) is 36.1. The first kappa shape index (κ1) is 47.1. The van der Waals surface area contributed by atoms with Crippen molar-refractivity contribution in [3.05, 3.63) is 234 Å². The lowest BCUT2D eigenvalue weighted by Crippen LogP contribution is -2.25. The lowest BCUT2D eigenvalue weighted by atomic mass is 9.94. The molecule has 0 unspecified atom stereocenters. The largest absolute Gasteiger partial charge is 0.419 e. The number of rotatable bonds is 4. The van der Waals surface area contributed by atoms with E-state index in [4.69, 9.17) is 0 Å². The number of H-pyrrole nitrogens is 2. The standard InChI is InChI=1S/C52H32F12N4O2/c1-27(69)67-45-37(29-15-7-3-8-16-29)33-23-25-35(65-33)39(31-19-11-5-12-20-31)47-43(51(59,60)61)44(52(62,63)64)48(68(47)28(2)70)40(32-21-13-6-14-22-32)36-26-24-34(66-36)38(30-17-9-4-10-18-30)46(67)42(50(56,57)58)41(45)49(53,54)55/h3-26,65-66H,1-2H3/b37-33-,38-34-,39-35-,40-36-,45-37?,46-38?,47-39?,48-40?. The molecule has 0 amide bonds. The molecule has 0 saturated heterocycles. The van der Waals surface area contributed by atoms with E-state index >= 15 is 52.7 Å². The van der Waals surface area contributed by atoms with Gasteiger partial charge in [0.2, 0.25) is 11.8 Å².